The number of thioether (sulfide) groups is 1. The Bertz CT molecular complexity index is 646. The van der Waals surface area contributed by atoms with Crippen molar-refractivity contribution in [3.63, 3.8) is 0 Å². The SMILES string of the molecule is C=CCN(CCSc1ccccc1)C(=O)c1cnc(NCC)nc1. The summed E-state index contributed by atoms with van der Waals surface area (Å²) in [7, 11) is 0. The molecule has 0 aliphatic carbocycles. The van der Waals surface area contributed by atoms with Gasteiger partial charge in [-0.2, -0.15) is 0 Å². The van der Waals surface area contributed by atoms with E-state index in [0.717, 1.165) is 12.3 Å². The number of nitrogens with zero attached hydrogens (tertiary/aromatic N) is 3. The van der Waals surface area contributed by atoms with Gasteiger partial charge >= 0.3 is 0 Å². The molecule has 0 spiro atoms. The van der Waals surface area contributed by atoms with Crippen LogP contribution in [0.25, 0.3) is 0 Å². The van der Waals surface area contributed by atoms with E-state index in [-0.39, 0.29) is 5.91 Å². The number of carbonyl (C=O) groups is 1. The Morgan fingerprint density at radius 3 is 2.62 bits per heavy atom. The average Bonchev–Trinajstić information content (AvgIpc) is 2.62. The van der Waals surface area contributed by atoms with Crippen molar-refractivity contribution < 1.29 is 4.79 Å². The van der Waals surface area contributed by atoms with Gasteiger partial charge in [0.1, 0.15) is 0 Å². The van der Waals surface area contributed by atoms with Crippen molar-refractivity contribution in [2.24, 2.45) is 0 Å². The van der Waals surface area contributed by atoms with Crippen molar-refractivity contribution in [3.8, 4) is 0 Å². The van der Waals surface area contributed by atoms with Crippen molar-refractivity contribution in [3.05, 3.63) is 60.9 Å². The number of benzene rings is 1. The second-order valence-electron chi connectivity index (χ2n) is 5.03. The number of hydrogen-bond acceptors (Lipinski definition) is 5. The van der Waals surface area contributed by atoms with Gasteiger partial charge < -0.3 is 10.2 Å². The van der Waals surface area contributed by atoms with E-state index >= 15 is 0 Å². The van der Waals surface area contributed by atoms with E-state index in [4.69, 9.17) is 0 Å². The minimum absolute atomic E-state index is 0.0772. The summed E-state index contributed by atoms with van der Waals surface area (Å²) in [4.78, 5) is 23.9. The summed E-state index contributed by atoms with van der Waals surface area (Å²) in [5.41, 5.74) is 0.489. The summed E-state index contributed by atoms with van der Waals surface area (Å²) in [6.45, 7) is 7.59. The maximum absolute atomic E-state index is 12.6. The molecule has 0 saturated heterocycles. The second kappa shape index (κ2) is 9.72. The molecule has 0 saturated carbocycles. The summed E-state index contributed by atoms with van der Waals surface area (Å²) >= 11 is 1.73. The van der Waals surface area contributed by atoms with Crippen molar-refractivity contribution in [2.75, 3.05) is 30.7 Å². The number of aromatic nitrogens is 2. The van der Waals surface area contributed by atoms with Gasteiger partial charge in [0.2, 0.25) is 5.95 Å². The predicted octanol–water partition coefficient (Wildman–Crippen LogP) is 3.33. The number of rotatable bonds is 9. The first-order valence-corrected chi connectivity index (χ1v) is 8.87. The summed E-state index contributed by atoms with van der Waals surface area (Å²) in [5, 5.41) is 3.01. The molecular weight excluding hydrogens is 320 g/mol. The third-order valence-corrected chi connectivity index (χ3v) is 4.24. The van der Waals surface area contributed by atoms with Gasteiger partial charge in [-0.3, -0.25) is 4.79 Å². The van der Waals surface area contributed by atoms with Crippen LogP contribution in [0.5, 0.6) is 0 Å². The van der Waals surface area contributed by atoms with Gasteiger partial charge in [0, 0.05) is 42.7 Å². The lowest BCUT2D eigenvalue weighted by atomic mass is 10.3. The molecule has 0 aliphatic rings. The van der Waals surface area contributed by atoms with Crippen LogP contribution in [0.2, 0.25) is 0 Å². The second-order valence-corrected chi connectivity index (χ2v) is 6.20. The standard InChI is InChI=1S/C18H22N4OS/c1-3-10-22(11-12-24-16-8-6-5-7-9-16)17(23)15-13-20-18(19-4-2)21-14-15/h3,5-9,13-14H,1,4,10-12H2,2H3,(H,19,20,21). The van der Waals surface area contributed by atoms with Crippen LogP contribution in [-0.4, -0.2) is 46.2 Å². The van der Waals surface area contributed by atoms with E-state index in [9.17, 15) is 4.79 Å². The zero-order chi connectivity index (χ0) is 17.2. The lowest BCUT2D eigenvalue weighted by Crippen LogP contribution is -2.33. The predicted molar refractivity (Wildman–Crippen MR) is 99.5 cm³/mol. The molecule has 2 aromatic rings. The third kappa shape index (κ3) is 5.38. The quantitative estimate of drug-likeness (QED) is 0.559. The number of anilines is 1. The molecule has 5 nitrogen and oxygen atoms in total. The highest BCUT2D eigenvalue weighted by atomic mass is 32.2. The summed E-state index contributed by atoms with van der Waals surface area (Å²) in [5.74, 6) is 1.27. The summed E-state index contributed by atoms with van der Waals surface area (Å²) in [6, 6.07) is 10.2. The number of hydrogen-bond donors (Lipinski definition) is 1. The number of carbonyl (C=O) groups excluding carboxylic acids is 1. The normalized spacial score (nSPS) is 10.2. The Hall–Kier alpha value is -2.34. The molecule has 6 heteroatoms. The largest absolute Gasteiger partial charge is 0.355 e. The average molecular weight is 342 g/mol. The van der Waals surface area contributed by atoms with Gasteiger partial charge in [0.05, 0.1) is 5.56 Å². The zero-order valence-corrected chi connectivity index (χ0v) is 14.6. The first-order valence-electron chi connectivity index (χ1n) is 7.88. The minimum atomic E-state index is -0.0772. The highest BCUT2D eigenvalue weighted by Crippen LogP contribution is 2.17. The lowest BCUT2D eigenvalue weighted by molar-refractivity contribution is 0.0783. The van der Waals surface area contributed by atoms with E-state index in [2.05, 4.69) is 34.0 Å². The molecule has 1 aromatic carbocycles. The van der Waals surface area contributed by atoms with Crippen molar-refractivity contribution in [2.45, 2.75) is 11.8 Å². The van der Waals surface area contributed by atoms with Gasteiger partial charge in [-0.05, 0) is 19.1 Å². The molecule has 1 N–H and O–H groups in total. The Morgan fingerprint density at radius 1 is 1.29 bits per heavy atom. The van der Waals surface area contributed by atoms with Crippen LogP contribution in [0, 0.1) is 0 Å². The van der Waals surface area contributed by atoms with E-state index < -0.39 is 0 Å². The maximum Gasteiger partial charge on any atom is 0.257 e. The molecule has 2 rings (SSSR count). The van der Waals surface area contributed by atoms with Crippen LogP contribution >= 0.6 is 11.8 Å². The molecule has 0 aliphatic heterocycles. The fraction of sp³-hybridized carbons (Fsp3) is 0.278. The first kappa shape index (κ1) is 18.0. The fourth-order valence-electron chi connectivity index (χ4n) is 2.09. The van der Waals surface area contributed by atoms with Crippen LogP contribution in [-0.2, 0) is 0 Å². The minimum Gasteiger partial charge on any atom is -0.355 e. The fourth-order valence-corrected chi connectivity index (χ4v) is 2.99. The van der Waals surface area contributed by atoms with Gasteiger partial charge in [-0.25, -0.2) is 9.97 Å². The molecule has 24 heavy (non-hydrogen) atoms. The van der Waals surface area contributed by atoms with Crippen LogP contribution in [0.3, 0.4) is 0 Å². The molecule has 0 unspecified atom stereocenters. The van der Waals surface area contributed by atoms with Gasteiger partial charge in [-0.1, -0.05) is 24.3 Å². The molecular formula is C18H22N4OS. The number of amides is 1. The van der Waals surface area contributed by atoms with Gasteiger partial charge in [0.25, 0.3) is 5.91 Å². The molecule has 0 atom stereocenters. The Kier molecular flexibility index (Phi) is 7.29. The highest BCUT2D eigenvalue weighted by molar-refractivity contribution is 7.99. The Morgan fingerprint density at radius 2 is 2.00 bits per heavy atom. The molecule has 0 radical (unpaired) electrons. The highest BCUT2D eigenvalue weighted by Gasteiger charge is 2.15. The monoisotopic (exact) mass is 342 g/mol. The Balaban J connectivity index is 1.95. The molecule has 1 heterocycles. The van der Waals surface area contributed by atoms with E-state index in [1.807, 2.05) is 25.1 Å². The van der Waals surface area contributed by atoms with E-state index in [0.29, 0.717) is 24.6 Å². The number of nitrogens with one attached hydrogen (secondary N) is 1. The molecule has 126 valence electrons. The molecule has 0 bridgehead atoms. The molecule has 1 aromatic heterocycles. The maximum atomic E-state index is 12.6. The zero-order valence-electron chi connectivity index (χ0n) is 13.8. The van der Waals surface area contributed by atoms with Crippen LogP contribution in [0.15, 0.2) is 60.3 Å². The summed E-state index contributed by atoms with van der Waals surface area (Å²) in [6.07, 6.45) is 4.86. The first-order chi connectivity index (χ1) is 11.7. The lowest BCUT2D eigenvalue weighted by Gasteiger charge is -2.20. The molecule has 1 amide bonds. The van der Waals surface area contributed by atoms with Crippen LogP contribution in [0.4, 0.5) is 5.95 Å². The smallest absolute Gasteiger partial charge is 0.257 e. The third-order valence-electron chi connectivity index (χ3n) is 3.24. The Labute approximate surface area is 147 Å². The summed E-state index contributed by atoms with van der Waals surface area (Å²) < 4.78 is 0. The van der Waals surface area contributed by atoms with Crippen molar-refractivity contribution >= 4 is 23.6 Å². The van der Waals surface area contributed by atoms with E-state index in [1.54, 1.807) is 35.1 Å². The van der Waals surface area contributed by atoms with Gasteiger partial charge in [-0.15, -0.1) is 18.3 Å². The van der Waals surface area contributed by atoms with Gasteiger partial charge in [0.15, 0.2) is 0 Å². The molecule has 0 fully saturated rings. The topological polar surface area (TPSA) is 58.1 Å². The van der Waals surface area contributed by atoms with Crippen molar-refractivity contribution in [1.82, 2.24) is 14.9 Å². The van der Waals surface area contributed by atoms with Crippen LogP contribution < -0.4 is 5.32 Å². The van der Waals surface area contributed by atoms with Crippen molar-refractivity contribution in [1.29, 1.82) is 0 Å². The van der Waals surface area contributed by atoms with Crippen LogP contribution in [0.1, 0.15) is 17.3 Å². The van der Waals surface area contributed by atoms with E-state index in [1.165, 1.54) is 4.90 Å².